The van der Waals surface area contributed by atoms with Crippen LogP contribution in [0.25, 0.3) is 10.9 Å². The van der Waals surface area contributed by atoms with Crippen molar-refractivity contribution in [3.05, 3.63) is 71.9 Å². The normalized spacial score (nSPS) is 15.3. The maximum Gasteiger partial charge on any atom is 0.254 e. The Morgan fingerprint density at radius 2 is 1.72 bits per heavy atom. The van der Waals surface area contributed by atoms with E-state index < -0.39 is 6.04 Å². The van der Waals surface area contributed by atoms with Crippen LogP contribution in [0.4, 0.5) is 0 Å². The van der Waals surface area contributed by atoms with Crippen LogP contribution in [0.15, 0.2) is 60.8 Å². The molecule has 1 aromatic heterocycles. The first-order valence-corrected chi connectivity index (χ1v) is 9.99. The number of amides is 2. The molecule has 3 aromatic rings. The quantitative estimate of drug-likeness (QED) is 0.727. The van der Waals surface area contributed by atoms with Crippen LogP contribution in [0.3, 0.4) is 0 Å². The molecule has 1 aliphatic rings. The molecule has 29 heavy (non-hydrogen) atoms. The largest absolute Gasteiger partial charge is 0.378 e. The molecule has 0 bridgehead atoms. The molecule has 6 heteroatoms. The molecule has 0 saturated carbocycles. The standard InChI is InChI=1S/C23H25N3O3/c1-2-25-16-19(18-10-6-7-11-20(18)25)22(27)24-21(17-8-4-3-5-9-17)23(28)26-12-14-29-15-13-26/h3-11,16,21H,2,12-15H2,1H3,(H,24,27)/t21-/m1/s1. The average Bonchev–Trinajstić information content (AvgIpc) is 3.17. The van der Waals surface area contributed by atoms with E-state index in [9.17, 15) is 9.59 Å². The molecule has 1 saturated heterocycles. The lowest BCUT2D eigenvalue weighted by Crippen LogP contribution is -2.47. The number of aryl methyl sites for hydroxylation is 1. The summed E-state index contributed by atoms with van der Waals surface area (Å²) in [5.74, 6) is -0.351. The van der Waals surface area contributed by atoms with Crippen molar-refractivity contribution in [3.63, 3.8) is 0 Å². The molecule has 2 heterocycles. The van der Waals surface area contributed by atoms with E-state index in [0.717, 1.165) is 23.0 Å². The summed E-state index contributed by atoms with van der Waals surface area (Å²) in [6.07, 6.45) is 1.86. The number of hydrogen-bond donors (Lipinski definition) is 1. The van der Waals surface area contributed by atoms with Crippen molar-refractivity contribution in [1.29, 1.82) is 0 Å². The van der Waals surface area contributed by atoms with E-state index in [2.05, 4.69) is 5.32 Å². The van der Waals surface area contributed by atoms with E-state index in [1.54, 1.807) is 4.90 Å². The zero-order valence-electron chi connectivity index (χ0n) is 16.5. The molecule has 1 fully saturated rings. The number of morpholine rings is 1. The molecule has 6 nitrogen and oxygen atoms in total. The minimum atomic E-state index is -0.731. The van der Waals surface area contributed by atoms with Gasteiger partial charge in [-0.2, -0.15) is 0 Å². The van der Waals surface area contributed by atoms with Gasteiger partial charge in [-0.05, 0) is 18.6 Å². The lowest BCUT2D eigenvalue weighted by atomic mass is 10.0. The molecule has 1 aliphatic heterocycles. The topological polar surface area (TPSA) is 63.6 Å². The molecule has 1 N–H and O–H groups in total. The van der Waals surface area contributed by atoms with Gasteiger partial charge in [-0.1, -0.05) is 48.5 Å². The van der Waals surface area contributed by atoms with Gasteiger partial charge in [0.2, 0.25) is 5.91 Å². The Labute approximate surface area is 170 Å². The van der Waals surface area contributed by atoms with Crippen LogP contribution >= 0.6 is 0 Å². The van der Waals surface area contributed by atoms with Gasteiger partial charge in [0.05, 0.1) is 18.8 Å². The summed E-state index contributed by atoms with van der Waals surface area (Å²) in [6.45, 7) is 4.92. The summed E-state index contributed by atoms with van der Waals surface area (Å²) in [4.78, 5) is 28.2. The highest BCUT2D eigenvalue weighted by Gasteiger charge is 2.29. The predicted octanol–water partition coefficient (Wildman–Crippen LogP) is 2.99. The number of para-hydroxylation sites is 1. The fraction of sp³-hybridized carbons (Fsp3) is 0.304. The van der Waals surface area contributed by atoms with Gasteiger partial charge in [0.25, 0.3) is 5.91 Å². The summed E-state index contributed by atoms with van der Waals surface area (Å²) < 4.78 is 7.41. The second kappa shape index (κ2) is 8.49. The van der Waals surface area contributed by atoms with Crippen molar-refractivity contribution in [2.75, 3.05) is 26.3 Å². The van der Waals surface area contributed by atoms with Crippen LogP contribution in [0.2, 0.25) is 0 Å². The SMILES string of the molecule is CCn1cc(C(=O)N[C@@H](C(=O)N2CCOCC2)c2ccccc2)c2ccccc21. The number of fused-ring (bicyclic) bond motifs is 1. The Balaban J connectivity index is 1.66. The maximum atomic E-state index is 13.2. The van der Waals surface area contributed by atoms with Gasteiger partial charge in [0, 0.05) is 36.7 Å². The zero-order valence-corrected chi connectivity index (χ0v) is 16.5. The molecule has 150 valence electrons. The average molecular weight is 391 g/mol. The second-order valence-corrected chi connectivity index (χ2v) is 7.10. The summed E-state index contributed by atoms with van der Waals surface area (Å²) in [5, 5.41) is 3.88. The number of carbonyl (C=O) groups is 2. The Morgan fingerprint density at radius 1 is 1.03 bits per heavy atom. The summed E-state index contributed by atoms with van der Waals surface area (Å²) in [6, 6.07) is 16.5. The van der Waals surface area contributed by atoms with Gasteiger partial charge in [-0.25, -0.2) is 0 Å². The fourth-order valence-electron chi connectivity index (χ4n) is 3.80. The van der Waals surface area contributed by atoms with Gasteiger partial charge in [0.15, 0.2) is 0 Å². The number of hydrogen-bond acceptors (Lipinski definition) is 3. The molecular weight excluding hydrogens is 366 g/mol. The highest BCUT2D eigenvalue weighted by atomic mass is 16.5. The predicted molar refractivity (Wildman–Crippen MR) is 112 cm³/mol. The molecule has 0 radical (unpaired) electrons. The Bertz CT molecular complexity index is 1010. The Kier molecular flexibility index (Phi) is 5.62. The van der Waals surface area contributed by atoms with Crippen molar-refractivity contribution >= 4 is 22.7 Å². The molecule has 0 unspecified atom stereocenters. The molecule has 0 aliphatic carbocycles. The molecule has 2 amide bonds. The highest BCUT2D eigenvalue weighted by Crippen LogP contribution is 2.23. The number of nitrogens with zero attached hydrogens (tertiary/aromatic N) is 2. The lowest BCUT2D eigenvalue weighted by molar-refractivity contribution is -0.137. The molecule has 0 spiro atoms. The molecule has 1 atom stereocenters. The van der Waals surface area contributed by atoms with Gasteiger partial charge < -0.3 is 19.5 Å². The monoisotopic (exact) mass is 391 g/mol. The maximum absolute atomic E-state index is 13.2. The van der Waals surface area contributed by atoms with Crippen molar-refractivity contribution in [3.8, 4) is 0 Å². The Hall–Kier alpha value is -3.12. The third-order valence-corrected chi connectivity index (χ3v) is 5.35. The van der Waals surface area contributed by atoms with Crippen LogP contribution in [0.5, 0.6) is 0 Å². The van der Waals surface area contributed by atoms with Crippen LogP contribution < -0.4 is 5.32 Å². The van der Waals surface area contributed by atoms with Crippen LogP contribution in [-0.4, -0.2) is 47.6 Å². The zero-order chi connectivity index (χ0) is 20.2. The lowest BCUT2D eigenvalue weighted by Gasteiger charge is -2.31. The summed E-state index contributed by atoms with van der Waals surface area (Å²) in [7, 11) is 0. The van der Waals surface area contributed by atoms with Gasteiger partial charge in [-0.15, -0.1) is 0 Å². The van der Waals surface area contributed by atoms with Crippen molar-refractivity contribution in [2.24, 2.45) is 0 Å². The number of carbonyl (C=O) groups excluding carboxylic acids is 2. The fourth-order valence-corrected chi connectivity index (χ4v) is 3.80. The third-order valence-electron chi connectivity index (χ3n) is 5.35. The first kappa shape index (κ1) is 19.2. The Morgan fingerprint density at radius 3 is 2.45 bits per heavy atom. The minimum absolute atomic E-state index is 0.105. The van der Waals surface area contributed by atoms with Crippen LogP contribution in [-0.2, 0) is 16.1 Å². The van der Waals surface area contributed by atoms with Gasteiger partial charge >= 0.3 is 0 Å². The number of nitrogens with one attached hydrogen (secondary N) is 1. The third kappa shape index (κ3) is 3.89. The van der Waals surface area contributed by atoms with Gasteiger partial charge in [0.1, 0.15) is 6.04 Å². The smallest absolute Gasteiger partial charge is 0.254 e. The summed E-state index contributed by atoms with van der Waals surface area (Å²) in [5.41, 5.74) is 2.37. The van der Waals surface area contributed by atoms with Crippen LogP contribution in [0, 0.1) is 0 Å². The summed E-state index contributed by atoms with van der Waals surface area (Å²) >= 11 is 0. The number of benzene rings is 2. The number of ether oxygens (including phenoxy) is 1. The second-order valence-electron chi connectivity index (χ2n) is 7.10. The van der Waals surface area contributed by atoms with Crippen molar-refractivity contribution < 1.29 is 14.3 Å². The highest BCUT2D eigenvalue weighted by molar-refractivity contribution is 6.08. The van der Waals surface area contributed by atoms with E-state index >= 15 is 0 Å². The molecular formula is C23H25N3O3. The first-order valence-electron chi connectivity index (χ1n) is 9.99. The van der Waals surface area contributed by atoms with E-state index in [-0.39, 0.29) is 11.8 Å². The molecule has 4 rings (SSSR count). The first-order chi connectivity index (χ1) is 14.2. The minimum Gasteiger partial charge on any atom is -0.378 e. The number of rotatable bonds is 5. The van der Waals surface area contributed by atoms with Gasteiger partial charge in [-0.3, -0.25) is 9.59 Å². The van der Waals surface area contributed by atoms with E-state index in [4.69, 9.17) is 4.74 Å². The molecule has 2 aromatic carbocycles. The van der Waals surface area contributed by atoms with E-state index in [1.165, 1.54) is 0 Å². The van der Waals surface area contributed by atoms with E-state index in [1.807, 2.05) is 72.3 Å². The van der Waals surface area contributed by atoms with Crippen molar-refractivity contribution in [2.45, 2.75) is 19.5 Å². The van der Waals surface area contributed by atoms with Crippen LogP contribution in [0.1, 0.15) is 28.9 Å². The van der Waals surface area contributed by atoms with Crippen molar-refractivity contribution in [1.82, 2.24) is 14.8 Å². The van der Waals surface area contributed by atoms with E-state index in [0.29, 0.717) is 31.9 Å². The number of aromatic nitrogens is 1.